The SMILES string of the molecule is CC(=O)OC(C)C=CC(=O)N[C@@H]1C[C@H](C)[C@H](CC=C(C)C=C[C@H]2O[C@H](CC(=O)NCCNC(=O)OCC3c4ccccc4-c4ccccc43)C[C@@]3(CO3)[C@@H]2O)O[C@@H]1C. The molecular weight excluding hydrogens is 743 g/mol. The summed E-state index contributed by atoms with van der Waals surface area (Å²) < 4.78 is 28.8. The second kappa shape index (κ2) is 19.3. The number of epoxide rings is 1. The van der Waals surface area contributed by atoms with Crippen LogP contribution in [0.1, 0.15) is 77.3 Å². The molecule has 1 spiro atoms. The largest absolute Gasteiger partial charge is 0.459 e. The van der Waals surface area contributed by atoms with Crippen molar-refractivity contribution in [2.45, 2.75) is 114 Å². The van der Waals surface area contributed by atoms with Crippen molar-refractivity contribution >= 4 is 23.9 Å². The van der Waals surface area contributed by atoms with Crippen LogP contribution in [0.4, 0.5) is 4.79 Å². The number of aliphatic hydroxyl groups excluding tert-OH is 1. The highest BCUT2D eigenvalue weighted by molar-refractivity contribution is 5.88. The summed E-state index contributed by atoms with van der Waals surface area (Å²) in [6, 6.07) is 16.2. The molecule has 13 nitrogen and oxygen atoms in total. The molecule has 0 radical (unpaired) electrons. The molecule has 3 heterocycles. The van der Waals surface area contributed by atoms with Crippen LogP contribution in [0.25, 0.3) is 11.1 Å². The van der Waals surface area contributed by atoms with Gasteiger partial charge in [-0.15, -0.1) is 0 Å². The van der Waals surface area contributed by atoms with Gasteiger partial charge in [-0.3, -0.25) is 14.4 Å². The summed E-state index contributed by atoms with van der Waals surface area (Å²) in [5, 5.41) is 19.7. The number of aliphatic hydroxyl groups is 1. The van der Waals surface area contributed by atoms with Crippen LogP contribution in [0.2, 0.25) is 0 Å². The molecule has 312 valence electrons. The van der Waals surface area contributed by atoms with Crippen molar-refractivity contribution in [1.82, 2.24) is 16.0 Å². The summed E-state index contributed by atoms with van der Waals surface area (Å²) in [5.41, 5.74) is 4.83. The van der Waals surface area contributed by atoms with Gasteiger partial charge in [0.2, 0.25) is 11.8 Å². The van der Waals surface area contributed by atoms with Crippen LogP contribution in [0, 0.1) is 5.92 Å². The van der Waals surface area contributed by atoms with E-state index in [1.165, 1.54) is 13.0 Å². The zero-order chi connectivity index (χ0) is 41.4. The maximum Gasteiger partial charge on any atom is 0.407 e. The summed E-state index contributed by atoms with van der Waals surface area (Å²) in [7, 11) is 0. The molecule has 3 saturated heterocycles. The fourth-order valence-electron chi connectivity index (χ4n) is 8.18. The number of fused-ring (bicyclic) bond motifs is 3. The lowest BCUT2D eigenvalue weighted by molar-refractivity contribution is -0.145. The number of esters is 1. The first kappa shape index (κ1) is 42.8. The first-order valence-electron chi connectivity index (χ1n) is 20.3. The van der Waals surface area contributed by atoms with Crippen LogP contribution in [0.15, 0.2) is 84.5 Å². The molecule has 6 rings (SSSR count). The van der Waals surface area contributed by atoms with E-state index >= 15 is 0 Å². The van der Waals surface area contributed by atoms with Gasteiger partial charge in [-0.2, -0.15) is 0 Å². The van der Waals surface area contributed by atoms with Crippen LogP contribution in [-0.2, 0) is 38.1 Å². The first-order chi connectivity index (χ1) is 27.8. The maximum atomic E-state index is 12.9. The quantitative estimate of drug-likeness (QED) is 0.0630. The zero-order valence-corrected chi connectivity index (χ0v) is 34.0. The van der Waals surface area contributed by atoms with Gasteiger partial charge in [0.1, 0.15) is 30.5 Å². The summed E-state index contributed by atoms with van der Waals surface area (Å²) in [4.78, 5) is 49.0. The third-order valence-corrected chi connectivity index (χ3v) is 11.4. The Morgan fingerprint density at radius 2 is 1.64 bits per heavy atom. The van der Waals surface area contributed by atoms with E-state index in [0.717, 1.165) is 34.2 Å². The monoisotopic (exact) mass is 799 g/mol. The minimum atomic E-state index is -0.869. The van der Waals surface area contributed by atoms with E-state index in [4.69, 9.17) is 23.7 Å². The van der Waals surface area contributed by atoms with Gasteiger partial charge in [0.15, 0.2) is 0 Å². The molecule has 3 amide bonds. The third-order valence-electron chi connectivity index (χ3n) is 11.4. The molecule has 3 aliphatic heterocycles. The number of benzene rings is 2. The van der Waals surface area contributed by atoms with Crippen LogP contribution < -0.4 is 16.0 Å². The second-order valence-electron chi connectivity index (χ2n) is 16.0. The van der Waals surface area contributed by atoms with Crippen molar-refractivity contribution in [3.05, 3.63) is 95.6 Å². The number of rotatable bonds is 15. The standard InChI is InChI=1S/C45H57N3O10/c1-27(14-17-39-28(2)22-38(30(4)57-39)48-41(50)19-16-29(3)56-31(5)49)15-18-40-43(52)45(26-55-45)24-32(58-40)23-42(51)46-20-21-47-44(53)54-25-37-35-12-8-6-10-33(35)34-11-7-9-13-36(34)37/h6-16,18-19,28-30,32,37-40,43,52H,17,20-26H2,1-5H3,(H,46,51)(H,47,53)(H,48,50)/t28-,29?,30+,32+,38+,39-,40+,43+,45+/m0/s1. The molecule has 2 aromatic rings. The van der Waals surface area contributed by atoms with Gasteiger partial charge < -0.3 is 44.7 Å². The lowest BCUT2D eigenvalue weighted by atomic mass is 9.87. The van der Waals surface area contributed by atoms with Crippen molar-refractivity contribution in [2.75, 3.05) is 26.3 Å². The Morgan fingerprint density at radius 1 is 0.966 bits per heavy atom. The van der Waals surface area contributed by atoms with E-state index in [2.05, 4.69) is 53.2 Å². The number of amides is 3. The lowest BCUT2D eigenvalue weighted by Gasteiger charge is -2.39. The van der Waals surface area contributed by atoms with Crippen molar-refractivity contribution in [3.8, 4) is 11.1 Å². The normalized spacial score (nSPS) is 28.4. The maximum absolute atomic E-state index is 12.9. The highest BCUT2D eigenvalue weighted by Gasteiger charge is 2.58. The fourth-order valence-corrected chi connectivity index (χ4v) is 8.18. The zero-order valence-electron chi connectivity index (χ0n) is 34.0. The Balaban J connectivity index is 0.906. The highest BCUT2D eigenvalue weighted by atomic mass is 16.6. The van der Waals surface area contributed by atoms with Crippen LogP contribution in [0.3, 0.4) is 0 Å². The lowest BCUT2D eigenvalue weighted by Crippen LogP contribution is -2.51. The van der Waals surface area contributed by atoms with Crippen molar-refractivity contribution in [3.63, 3.8) is 0 Å². The molecule has 3 fully saturated rings. The average molecular weight is 800 g/mol. The van der Waals surface area contributed by atoms with Gasteiger partial charge in [-0.05, 0) is 67.9 Å². The fraction of sp³-hybridized carbons (Fsp3) is 0.511. The Hall–Kier alpha value is -4.82. The minimum absolute atomic E-state index is 0.0356. The average Bonchev–Trinajstić information content (AvgIpc) is 3.89. The van der Waals surface area contributed by atoms with E-state index in [1.54, 1.807) is 13.0 Å². The van der Waals surface area contributed by atoms with E-state index in [0.29, 0.717) is 19.4 Å². The van der Waals surface area contributed by atoms with E-state index in [1.807, 2.05) is 50.3 Å². The molecule has 4 N–H and O–H groups in total. The number of carbonyl (C=O) groups is 4. The molecule has 0 aromatic heterocycles. The number of hydrogen-bond acceptors (Lipinski definition) is 10. The van der Waals surface area contributed by atoms with Gasteiger partial charge >= 0.3 is 12.1 Å². The molecule has 13 heteroatoms. The molecule has 1 unspecified atom stereocenters. The molecule has 58 heavy (non-hydrogen) atoms. The van der Waals surface area contributed by atoms with Gasteiger partial charge in [0.05, 0.1) is 37.4 Å². The molecule has 0 bridgehead atoms. The van der Waals surface area contributed by atoms with Crippen LogP contribution >= 0.6 is 0 Å². The smallest absolute Gasteiger partial charge is 0.407 e. The number of nitrogens with one attached hydrogen (secondary N) is 3. The van der Waals surface area contributed by atoms with E-state index < -0.39 is 42.1 Å². The van der Waals surface area contributed by atoms with E-state index in [9.17, 15) is 24.3 Å². The summed E-state index contributed by atoms with van der Waals surface area (Å²) in [5.74, 6) is -0.749. The number of hydrogen-bond donors (Lipinski definition) is 4. The number of ether oxygens (including phenoxy) is 5. The topological polar surface area (TPSA) is 174 Å². The summed E-state index contributed by atoms with van der Waals surface area (Å²) in [6.45, 7) is 10.1. The van der Waals surface area contributed by atoms with E-state index in [-0.39, 0.29) is 68.0 Å². The van der Waals surface area contributed by atoms with Crippen LogP contribution in [0.5, 0.6) is 0 Å². The molecule has 4 aliphatic rings. The van der Waals surface area contributed by atoms with Crippen molar-refractivity contribution in [2.24, 2.45) is 5.92 Å². The molecule has 1 aliphatic carbocycles. The number of alkyl carbamates (subject to hydrolysis) is 1. The summed E-state index contributed by atoms with van der Waals surface area (Å²) in [6.07, 6.45) is 7.39. The third kappa shape index (κ3) is 11.0. The van der Waals surface area contributed by atoms with Gasteiger partial charge in [0.25, 0.3) is 0 Å². The van der Waals surface area contributed by atoms with Crippen molar-refractivity contribution in [1.29, 1.82) is 0 Å². The Labute approximate surface area is 340 Å². The van der Waals surface area contributed by atoms with Gasteiger partial charge in [-0.25, -0.2) is 4.79 Å². The first-order valence-corrected chi connectivity index (χ1v) is 20.3. The van der Waals surface area contributed by atoms with Gasteiger partial charge in [0, 0.05) is 38.4 Å². The highest BCUT2D eigenvalue weighted by Crippen LogP contribution is 2.45. The number of carbonyl (C=O) groups excluding carboxylic acids is 4. The Morgan fingerprint density at radius 3 is 2.31 bits per heavy atom. The second-order valence-corrected chi connectivity index (χ2v) is 16.0. The van der Waals surface area contributed by atoms with Crippen molar-refractivity contribution < 1.29 is 48.0 Å². The predicted octanol–water partition coefficient (Wildman–Crippen LogP) is 5.02. The predicted molar refractivity (Wildman–Crippen MR) is 217 cm³/mol. The molecule has 0 saturated carbocycles. The molecule has 2 aromatic carbocycles. The summed E-state index contributed by atoms with van der Waals surface area (Å²) >= 11 is 0. The van der Waals surface area contributed by atoms with Gasteiger partial charge in [-0.1, -0.05) is 79.3 Å². The minimum Gasteiger partial charge on any atom is -0.459 e. The molecule has 9 atom stereocenters. The van der Waals surface area contributed by atoms with Crippen LogP contribution in [-0.4, -0.2) is 104 Å². The number of allylic oxidation sites excluding steroid dienone is 2. The molecular formula is C45H57N3O10. The Kier molecular flexibility index (Phi) is 14.2. The Bertz CT molecular complexity index is 1840.